The number of aromatic nitrogens is 1. The highest BCUT2D eigenvalue weighted by Crippen LogP contribution is 2.31. The van der Waals surface area contributed by atoms with Gasteiger partial charge in [-0.3, -0.25) is 20.0 Å². The van der Waals surface area contributed by atoms with Gasteiger partial charge in [0.2, 0.25) is 0 Å². The quantitative estimate of drug-likeness (QED) is 0.642. The average Bonchev–Trinajstić information content (AvgIpc) is 2.83. The van der Waals surface area contributed by atoms with Crippen LogP contribution in [-0.2, 0) is 4.79 Å². The van der Waals surface area contributed by atoms with E-state index in [0.717, 1.165) is 22.3 Å². The minimum absolute atomic E-state index is 0.240. The molecule has 0 bridgehead atoms. The number of carbonyl (C=O) groups is 2. The molecule has 1 aliphatic rings. The zero-order valence-corrected chi connectivity index (χ0v) is 15.4. The number of hydrogen-bond donors (Lipinski definition) is 1. The number of pyridine rings is 1. The van der Waals surface area contributed by atoms with Crippen LogP contribution in [0.4, 0.5) is 0 Å². The van der Waals surface area contributed by atoms with Crippen molar-refractivity contribution in [3.8, 4) is 0 Å². The third kappa shape index (κ3) is 3.89. The molecule has 1 fully saturated rings. The summed E-state index contributed by atoms with van der Waals surface area (Å²) in [6.45, 7) is 1.87. The van der Waals surface area contributed by atoms with E-state index in [1.807, 2.05) is 13.0 Å². The lowest BCUT2D eigenvalue weighted by Gasteiger charge is -2.16. The second kappa shape index (κ2) is 7.35. The molecular weight excluding hydrogens is 378 g/mol. The molecule has 126 valence electrons. The normalized spacial score (nSPS) is 15.8. The molecule has 0 radical (unpaired) electrons. The number of carbonyl (C=O) groups excluding carboxylic acids is 2. The van der Waals surface area contributed by atoms with Crippen molar-refractivity contribution in [1.82, 2.24) is 15.4 Å². The van der Waals surface area contributed by atoms with Gasteiger partial charge < -0.3 is 0 Å². The lowest BCUT2D eigenvalue weighted by Crippen LogP contribution is -2.44. The van der Waals surface area contributed by atoms with Crippen LogP contribution in [0.15, 0.2) is 47.5 Å². The minimum Gasteiger partial charge on any atom is -0.267 e. The number of aryl methyl sites for hydroxylation is 1. The summed E-state index contributed by atoms with van der Waals surface area (Å²) in [7, 11) is 0. The van der Waals surface area contributed by atoms with Gasteiger partial charge in [-0.1, -0.05) is 35.5 Å². The molecule has 1 saturated heterocycles. The maximum Gasteiger partial charge on any atom is 0.285 e. The molecule has 0 spiro atoms. The Labute approximate surface area is 159 Å². The minimum atomic E-state index is -0.500. The first-order valence-electron chi connectivity index (χ1n) is 7.22. The van der Waals surface area contributed by atoms with Gasteiger partial charge in [0.25, 0.3) is 11.8 Å². The summed E-state index contributed by atoms with van der Waals surface area (Å²) in [6.07, 6.45) is 3.26. The number of benzene rings is 1. The third-order valence-electron chi connectivity index (χ3n) is 3.34. The highest BCUT2D eigenvalue weighted by molar-refractivity contribution is 8.26. The van der Waals surface area contributed by atoms with E-state index in [0.29, 0.717) is 15.6 Å². The number of halogens is 1. The highest BCUT2D eigenvalue weighted by Gasteiger charge is 2.34. The van der Waals surface area contributed by atoms with Crippen LogP contribution in [0.3, 0.4) is 0 Å². The fraction of sp³-hybridized carbons (Fsp3) is 0.0588. The van der Waals surface area contributed by atoms with Crippen LogP contribution in [-0.4, -0.2) is 26.1 Å². The van der Waals surface area contributed by atoms with E-state index in [2.05, 4.69) is 10.4 Å². The topological polar surface area (TPSA) is 62.3 Å². The zero-order valence-electron chi connectivity index (χ0n) is 13.0. The maximum absolute atomic E-state index is 12.5. The Morgan fingerprint density at radius 3 is 2.84 bits per heavy atom. The second-order valence-electron chi connectivity index (χ2n) is 5.20. The van der Waals surface area contributed by atoms with Crippen molar-refractivity contribution < 1.29 is 9.59 Å². The monoisotopic (exact) mass is 389 g/mol. The number of hydrogen-bond acceptors (Lipinski definition) is 5. The molecule has 0 aliphatic carbocycles. The third-order valence-corrected chi connectivity index (χ3v) is 4.96. The largest absolute Gasteiger partial charge is 0.285 e. The van der Waals surface area contributed by atoms with Gasteiger partial charge >= 0.3 is 0 Å². The fourth-order valence-corrected chi connectivity index (χ4v) is 3.61. The van der Waals surface area contributed by atoms with Gasteiger partial charge in [-0.05, 0) is 55.0 Å². The Balaban J connectivity index is 1.79. The summed E-state index contributed by atoms with van der Waals surface area (Å²) in [5.41, 5.74) is 4.35. The molecule has 2 aromatic rings. The lowest BCUT2D eigenvalue weighted by atomic mass is 10.1. The molecule has 1 aliphatic heterocycles. The van der Waals surface area contributed by atoms with Crippen molar-refractivity contribution in [1.29, 1.82) is 0 Å². The molecule has 25 heavy (non-hydrogen) atoms. The SMILES string of the molecule is Cc1ccc(C(=O)NN2C(=O)/C(=C/c3ccccn3)SC2=S)c(Cl)c1. The molecule has 2 amide bonds. The molecule has 5 nitrogen and oxygen atoms in total. The molecule has 8 heteroatoms. The Morgan fingerprint density at radius 2 is 2.16 bits per heavy atom. The Hall–Kier alpha value is -2.22. The van der Waals surface area contributed by atoms with Gasteiger partial charge in [0.15, 0.2) is 4.32 Å². The van der Waals surface area contributed by atoms with E-state index in [-0.39, 0.29) is 9.88 Å². The number of nitrogens with zero attached hydrogens (tertiary/aromatic N) is 2. The van der Waals surface area contributed by atoms with Gasteiger partial charge in [0.05, 0.1) is 21.2 Å². The smallest absolute Gasteiger partial charge is 0.267 e. The van der Waals surface area contributed by atoms with Crippen molar-refractivity contribution >= 4 is 57.8 Å². The summed E-state index contributed by atoms with van der Waals surface area (Å²) in [5, 5.41) is 1.36. The first-order valence-corrected chi connectivity index (χ1v) is 8.82. The number of nitrogens with one attached hydrogen (secondary N) is 1. The summed E-state index contributed by atoms with van der Waals surface area (Å²) in [6, 6.07) is 10.4. The first-order chi connectivity index (χ1) is 12.0. The predicted molar refractivity (Wildman–Crippen MR) is 103 cm³/mol. The van der Waals surface area contributed by atoms with Crippen molar-refractivity contribution in [2.75, 3.05) is 0 Å². The van der Waals surface area contributed by atoms with Crippen LogP contribution < -0.4 is 5.43 Å². The van der Waals surface area contributed by atoms with Gasteiger partial charge in [-0.25, -0.2) is 0 Å². The number of thioether (sulfide) groups is 1. The number of thiocarbonyl (C=S) groups is 1. The fourth-order valence-electron chi connectivity index (χ4n) is 2.13. The second-order valence-corrected chi connectivity index (χ2v) is 7.28. The van der Waals surface area contributed by atoms with Crippen LogP contribution >= 0.6 is 35.6 Å². The van der Waals surface area contributed by atoms with Crippen molar-refractivity contribution in [3.05, 3.63) is 69.3 Å². The summed E-state index contributed by atoms with van der Waals surface area (Å²) < 4.78 is 0.240. The number of amides is 2. The van der Waals surface area contributed by atoms with Crippen molar-refractivity contribution in [2.45, 2.75) is 6.92 Å². The molecule has 1 aromatic heterocycles. The standard InChI is InChI=1S/C17H12ClN3O2S2/c1-10-5-6-12(13(18)8-10)15(22)20-21-16(23)14(25-17(21)24)9-11-4-2-3-7-19-11/h2-9H,1H3,(H,20,22)/b14-9-. The van der Waals surface area contributed by atoms with Crippen LogP contribution in [0.5, 0.6) is 0 Å². The van der Waals surface area contributed by atoms with Gasteiger partial charge in [-0.15, -0.1) is 0 Å². The summed E-state index contributed by atoms with van der Waals surface area (Å²) in [5.74, 6) is -0.905. The number of hydrazine groups is 1. The molecule has 0 unspecified atom stereocenters. The molecule has 1 N–H and O–H groups in total. The van der Waals surface area contributed by atoms with E-state index in [4.69, 9.17) is 23.8 Å². The van der Waals surface area contributed by atoms with Gasteiger partial charge in [0.1, 0.15) is 0 Å². The van der Waals surface area contributed by atoms with Crippen molar-refractivity contribution in [3.63, 3.8) is 0 Å². The Bertz CT molecular complexity index is 900. The van der Waals surface area contributed by atoms with E-state index < -0.39 is 11.8 Å². The average molecular weight is 390 g/mol. The van der Waals surface area contributed by atoms with E-state index in [9.17, 15) is 9.59 Å². The van der Waals surface area contributed by atoms with Crippen molar-refractivity contribution in [2.24, 2.45) is 0 Å². The zero-order chi connectivity index (χ0) is 18.0. The van der Waals surface area contributed by atoms with Crippen LogP contribution in [0.2, 0.25) is 5.02 Å². The van der Waals surface area contributed by atoms with Gasteiger partial charge in [0, 0.05) is 6.20 Å². The summed E-state index contributed by atoms with van der Waals surface area (Å²) >= 11 is 12.4. The van der Waals surface area contributed by atoms with Crippen LogP contribution in [0.25, 0.3) is 6.08 Å². The predicted octanol–water partition coefficient (Wildman–Crippen LogP) is 3.59. The van der Waals surface area contributed by atoms with E-state index in [1.165, 1.54) is 0 Å². The Kier molecular flexibility index (Phi) is 5.17. The molecule has 0 atom stereocenters. The lowest BCUT2D eigenvalue weighted by molar-refractivity contribution is -0.123. The Morgan fingerprint density at radius 1 is 1.36 bits per heavy atom. The van der Waals surface area contributed by atoms with E-state index >= 15 is 0 Å². The van der Waals surface area contributed by atoms with Crippen LogP contribution in [0.1, 0.15) is 21.6 Å². The van der Waals surface area contributed by atoms with Gasteiger partial charge in [-0.2, -0.15) is 5.01 Å². The maximum atomic E-state index is 12.5. The highest BCUT2D eigenvalue weighted by atomic mass is 35.5. The first kappa shape index (κ1) is 17.6. The molecule has 0 saturated carbocycles. The molecule has 3 rings (SSSR count). The molecular formula is C17H12ClN3O2S2. The summed E-state index contributed by atoms with van der Waals surface area (Å²) in [4.78, 5) is 29.4. The van der Waals surface area contributed by atoms with E-state index in [1.54, 1.807) is 42.6 Å². The van der Waals surface area contributed by atoms with Crippen LogP contribution in [0, 0.1) is 6.92 Å². The molecule has 2 heterocycles. The number of rotatable bonds is 3. The molecule has 1 aromatic carbocycles.